The first-order chi connectivity index (χ1) is 16.6. The van der Waals surface area contributed by atoms with Crippen LogP contribution in [0.3, 0.4) is 0 Å². The van der Waals surface area contributed by atoms with Gasteiger partial charge in [-0.25, -0.2) is 4.79 Å². The Morgan fingerprint density at radius 1 is 1.09 bits per heavy atom. The maximum absolute atomic E-state index is 13.5. The molecule has 2 aliphatic rings. The number of hydrogen-bond donors (Lipinski definition) is 1. The van der Waals surface area contributed by atoms with E-state index >= 15 is 0 Å². The fourth-order valence-corrected chi connectivity index (χ4v) is 4.60. The smallest absolute Gasteiger partial charge is 0.494 e. The lowest BCUT2D eigenvalue weighted by atomic mass is 9.85. The monoisotopic (exact) mass is 491 g/mol. The highest BCUT2D eigenvalue weighted by Gasteiger charge is 2.34. The second-order valence-electron chi connectivity index (χ2n) is 8.79. The summed E-state index contributed by atoms with van der Waals surface area (Å²) in [5.41, 5.74) is 3.97. The molecule has 2 aromatic carbocycles. The van der Waals surface area contributed by atoms with Crippen LogP contribution >= 0.6 is 0 Å². The number of nitrogens with zero attached hydrogens (tertiary/aromatic N) is 1. The Hall–Kier alpha value is -3.20. The number of likely N-dealkylation sites (tertiary alicyclic amines) is 1. The number of allylic oxidation sites excluding steroid dienone is 1. The third-order valence-corrected chi connectivity index (χ3v) is 6.40. The molecule has 0 radical (unpaired) electrons. The van der Waals surface area contributed by atoms with Gasteiger partial charge in [0.05, 0.1) is 12.2 Å². The van der Waals surface area contributed by atoms with E-state index in [0.717, 1.165) is 36.6 Å². The van der Waals surface area contributed by atoms with E-state index < -0.39 is 17.9 Å². The molecule has 0 bridgehead atoms. The van der Waals surface area contributed by atoms with Crippen LogP contribution in [0.4, 0.5) is 18.0 Å². The lowest BCUT2D eigenvalue weighted by Crippen LogP contribution is -2.53. The van der Waals surface area contributed by atoms with Crippen molar-refractivity contribution in [2.24, 2.45) is 0 Å². The zero-order chi connectivity index (χ0) is 25.2. The maximum Gasteiger partial charge on any atom is 0.506 e. The zero-order valence-electron chi connectivity index (χ0n) is 19.7. The molecule has 1 saturated heterocycles. The maximum atomic E-state index is 13.5. The molecule has 0 amide bonds. The van der Waals surface area contributed by atoms with Gasteiger partial charge in [0, 0.05) is 25.2 Å². The average Bonchev–Trinajstić information content (AvgIpc) is 2.77. The fourth-order valence-electron chi connectivity index (χ4n) is 4.60. The largest absolute Gasteiger partial charge is 0.506 e. The number of carboxylic acid groups (broad SMARTS) is 1. The molecule has 6 nitrogen and oxygen atoms in total. The molecule has 9 heteroatoms. The number of carbonyl (C=O) groups is 1. The molecule has 2 aromatic rings. The van der Waals surface area contributed by atoms with Gasteiger partial charge in [0.25, 0.3) is 0 Å². The summed E-state index contributed by atoms with van der Waals surface area (Å²) < 4.78 is 56.4. The first-order valence-corrected chi connectivity index (χ1v) is 11.5. The van der Waals surface area contributed by atoms with Crippen LogP contribution in [0.1, 0.15) is 42.5 Å². The van der Waals surface area contributed by atoms with Gasteiger partial charge < -0.3 is 19.3 Å². The summed E-state index contributed by atoms with van der Waals surface area (Å²) >= 11 is 0. The van der Waals surface area contributed by atoms with E-state index in [9.17, 15) is 18.0 Å². The Morgan fingerprint density at radius 3 is 2.49 bits per heavy atom. The van der Waals surface area contributed by atoms with Crippen molar-refractivity contribution in [1.82, 2.24) is 4.90 Å². The van der Waals surface area contributed by atoms with Gasteiger partial charge in [-0.05, 0) is 67.7 Å². The highest BCUT2D eigenvalue weighted by atomic mass is 19.4. The lowest BCUT2D eigenvalue weighted by molar-refractivity contribution is -0.138. The molecule has 0 unspecified atom stereocenters. The molecule has 188 valence electrons. The minimum Gasteiger partial charge on any atom is -0.494 e. The van der Waals surface area contributed by atoms with Crippen LogP contribution in [0.2, 0.25) is 0 Å². The molecule has 4 rings (SSSR count). The minimum absolute atomic E-state index is 0.0526. The number of aryl methyl sites for hydroxylation is 1. The van der Waals surface area contributed by atoms with Crippen LogP contribution in [0.5, 0.6) is 11.5 Å². The van der Waals surface area contributed by atoms with Crippen molar-refractivity contribution < 1.29 is 37.3 Å². The molecule has 1 aliphatic heterocycles. The van der Waals surface area contributed by atoms with Gasteiger partial charge >= 0.3 is 12.3 Å². The standard InChI is InChI=1S/C26H28F3NO5/c1-3-33-21-7-6-19(24(11-21)26(27,28)29)15-34-20-8-9-23-16(2)18(5-4-17(23)10-20)12-30-13-22(14-30)35-25(31)32/h6-11,22H,3-5,12-15H2,1-2H3,(H,31,32). The minimum atomic E-state index is -4.50. The average molecular weight is 492 g/mol. The quantitative estimate of drug-likeness (QED) is 0.472. The van der Waals surface area contributed by atoms with Crippen molar-refractivity contribution in [2.75, 3.05) is 26.2 Å². The van der Waals surface area contributed by atoms with Gasteiger partial charge in [-0.2, -0.15) is 13.2 Å². The molecular weight excluding hydrogens is 463 g/mol. The number of benzene rings is 2. The second kappa shape index (κ2) is 10.2. The number of ether oxygens (including phenoxy) is 3. The predicted octanol–water partition coefficient (Wildman–Crippen LogP) is 5.78. The molecule has 0 aromatic heterocycles. The van der Waals surface area contributed by atoms with E-state index in [4.69, 9.17) is 19.3 Å². The van der Waals surface area contributed by atoms with Crippen molar-refractivity contribution in [3.63, 3.8) is 0 Å². The predicted molar refractivity (Wildman–Crippen MR) is 124 cm³/mol. The van der Waals surface area contributed by atoms with Gasteiger partial charge in [-0.15, -0.1) is 0 Å². The molecule has 0 spiro atoms. The van der Waals surface area contributed by atoms with Gasteiger partial charge in [0.1, 0.15) is 24.2 Å². The highest BCUT2D eigenvalue weighted by Crippen LogP contribution is 2.37. The SMILES string of the molecule is CCOc1ccc(COc2ccc3c(c2)CCC(CN2CC(OC(=O)O)C2)=C3C)c(C(F)(F)F)c1. The van der Waals surface area contributed by atoms with Crippen LogP contribution in [0.25, 0.3) is 5.57 Å². The normalized spacial score (nSPS) is 16.5. The summed E-state index contributed by atoms with van der Waals surface area (Å²) in [7, 11) is 0. The Kier molecular flexibility index (Phi) is 7.25. The second-order valence-corrected chi connectivity index (χ2v) is 8.79. The van der Waals surface area contributed by atoms with Gasteiger partial charge in [-0.3, -0.25) is 4.90 Å². The van der Waals surface area contributed by atoms with Gasteiger partial charge in [0.2, 0.25) is 0 Å². The van der Waals surface area contributed by atoms with E-state index in [1.807, 2.05) is 12.1 Å². The Bertz CT molecular complexity index is 1120. The molecule has 1 N–H and O–H groups in total. The zero-order valence-corrected chi connectivity index (χ0v) is 19.7. The summed E-state index contributed by atoms with van der Waals surface area (Å²) in [4.78, 5) is 12.8. The Morgan fingerprint density at radius 2 is 1.80 bits per heavy atom. The number of rotatable bonds is 8. The molecular formula is C26H28F3NO5. The van der Waals surface area contributed by atoms with Crippen LogP contribution in [-0.4, -0.2) is 48.5 Å². The topological polar surface area (TPSA) is 68.2 Å². The van der Waals surface area contributed by atoms with Crippen molar-refractivity contribution in [3.05, 3.63) is 64.2 Å². The van der Waals surface area contributed by atoms with E-state index in [1.165, 1.54) is 23.3 Å². The third-order valence-electron chi connectivity index (χ3n) is 6.40. The van der Waals surface area contributed by atoms with Crippen LogP contribution in [-0.2, 0) is 23.9 Å². The van der Waals surface area contributed by atoms with Crippen molar-refractivity contribution in [3.8, 4) is 11.5 Å². The van der Waals surface area contributed by atoms with Gasteiger partial charge in [0.15, 0.2) is 0 Å². The molecule has 1 fully saturated rings. The molecule has 1 heterocycles. The number of alkyl halides is 3. The summed E-state index contributed by atoms with van der Waals surface area (Å²) in [6.07, 6.45) is -4.35. The molecule has 1 aliphatic carbocycles. The van der Waals surface area contributed by atoms with Crippen molar-refractivity contribution >= 4 is 11.7 Å². The number of fused-ring (bicyclic) bond motifs is 1. The van der Waals surface area contributed by atoms with Crippen molar-refractivity contribution in [2.45, 2.75) is 45.6 Å². The van der Waals surface area contributed by atoms with E-state index in [1.54, 1.807) is 13.0 Å². The Balaban J connectivity index is 1.42. The van der Waals surface area contributed by atoms with Crippen molar-refractivity contribution in [1.29, 1.82) is 0 Å². The summed E-state index contributed by atoms with van der Waals surface area (Å²) in [6, 6.07) is 9.57. The van der Waals surface area contributed by atoms with E-state index in [-0.39, 0.29) is 30.6 Å². The summed E-state index contributed by atoms with van der Waals surface area (Å²) in [5.74, 6) is 0.706. The Labute approximate surface area is 201 Å². The third kappa shape index (κ3) is 5.90. The van der Waals surface area contributed by atoms with E-state index in [0.29, 0.717) is 18.8 Å². The number of hydrogen-bond acceptors (Lipinski definition) is 5. The molecule has 35 heavy (non-hydrogen) atoms. The molecule has 0 atom stereocenters. The highest BCUT2D eigenvalue weighted by molar-refractivity contribution is 5.72. The first kappa shape index (κ1) is 24.9. The van der Waals surface area contributed by atoms with E-state index in [2.05, 4.69) is 11.8 Å². The lowest BCUT2D eigenvalue weighted by Gasteiger charge is -2.39. The van der Waals surface area contributed by atoms with Crippen LogP contribution in [0.15, 0.2) is 42.0 Å². The summed E-state index contributed by atoms with van der Waals surface area (Å²) in [6.45, 7) is 5.82. The van der Waals surface area contributed by atoms with Crippen LogP contribution in [0, 0.1) is 0 Å². The molecule has 0 saturated carbocycles. The summed E-state index contributed by atoms with van der Waals surface area (Å²) in [5, 5.41) is 8.70. The van der Waals surface area contributed by atoms with Gasteiger partial charge in [-0.1, -0.05) is 17.7 Å². The van der Waals surface area contributed by atoms with Crippen LogP contribution < -0.4 is 9.47 Å². The number of halogens is 3. The first-order valence-electron chi connectivity index (χ1n) is 11.5. The fraction of sp³-hybridized carbons (Fsp3) is 0.423.